The van der Waals surface area contributed by atoms with Gasteiger partial charge < -0.3 is 48.6 Å². The van der Waals surface area contributed by atoms with Crippen molar-refractivity contribution in [2.45, 2.75) is 55.3 Å². The fraction of sp³-hybridized carbons (Fsp3) is 0.619. The maximum Gasteiger partial charge on any atom is 0.264 e. The Hall–Kier alpha value is -2.51. The minimum atomic E-state index is -4.61. The van der Waals surface area contributed by atoms with Crippen LogP contribution >= 0.6 is 14.9 Å². The van der Waals surface area contributed by atoms with Crippen LogP contribution < -0.4 is 16.4 Å². The molecule has 24 heteroatoms. The molecule has 2 aromatic heterocycles. The zero-order chi connectivity index (χ0) is 31.8. The van der Waals surface area contributed by atoms with Crippen LogP contribution in [0.3, 0.4) is 0 Å². The van der Waals surface area contributed by atoms with E-state index in [9.17, 15) is 23.4 Å². The number of nitrogens with zero attached hydrogens (tertiary/aromatic N) is 5. The van der Waals surface area contributed by atoms with E-state index in [2.05, 4.69) is 25.6 Å². The molecular formula is C21H24B2F2N8O10P2. The van der Waals surface area contributed by atoms with Crippen molar-refractivity contribution in [3.63, 3.8) is 0 Å². The van der Waals surface area contributed by atoms with Gasteiger partial charge >= 0.3 is 0 Å². The molecule has 2 aromatic rings. The summed E-state index contributed by atoms with van der Waals surface area (Å²) in [4.78, 5) is 25.4. The van der Waals surface area contributed by atoms with Gasteiger partial charge in [0.1, 0.15) is 60.3 Å². The molecule has 0 aromatic carbocycles. The van der Waals surface area contributed by atoms with E-state index < -0.39 is 101 Å². The minimum absolute atomic E-state index is 0.00607. The summed E-state index contributed by atoms with van der Waals surface area (Å²) in [6, 6.07) is 0. The third-order valence-corrected chi connectivity index (χ3v) is 10.1. The smallest absolute Gasteiger partial charge is 0.264 e. The van der Waals surface area contributed by atoms with E-state index in [-0.39, 0.29) is 23.7 Å². The molecule has 0 saturated carbocycles. The van der Waals surface area contributed by atoms with Gasteiger partial charge in [0, 0.05) is 6.20 Å². The summed E-state index contributed by atoms with van der Waals surface area (Å²) in [6.07, 6.45) is -10.4. The Morgan fingerprint density at radius 3 is 2.44 bits per heavy atom. The average molecular weight is 670 g/mol. The molecular weight excluding hydrogens is 646 g/mol. The van der Waals surface area contributed by atoms with Crippen molar-refractivity contribution in [2.24, 2.45) is 5.92 Å². The molecule has 4 radical (unpaired) electrons. The van der Waals surface area contributed by atoms with Crippen LogP contribution in [0, 0.1) is 5.92 Å². The third-order valence-electron chi connectivity index (χ3n) is 7.97. The lowest BCUT2D eigenvalue weighted by Crippen LogP contribution is -2.61. The summed E-state index contributed by atoms with van der Waals surface area (Å²) in [7, 11) is 2.49. The first-order valence-electron chi connectivity index (χ1n) is 13.5. The van der Waals surface area contributed by atoms with E-state index in [0.29, 0.717) is 0 Å². The number of hydrogen-bond acceptors (Lipinski definition) is 16. The second-order valence-corrected chi connectivity index (χ2v) is 13.9. The standard InChI is InChI=1S/C21H24B2F2N8O10P2/c22-44(36)39-3-9-15(13(34)21(41-9)32-1-7(24)10-17(32)28-5-30-19(10)35)43-45(23,37)38-2-8-14(42-44)11(25)20(40-8)33-6-31-12-16(26)27-4-29-18(12)33/h1,4,6,8-11,13-15,17,20-21,28,34H,2-3,5H2,(H,30,35)(H2,26,27,29)/t8-,9-,10?,11+,13+,14?,15?,17?,20-,21-,44+,45-/m1/s1. The second-order valence-electron chi connectivity index (χ2n) is 10.8. The molecule has 0 aliphatic carbocycles. The number of aliphatic hydroxyl groups is 1. The Morgan fingerprint density at radius 2 is 1.71 bits per heavy atom. The predicted molar refractivity (Wildman–Crippen MR) is 146 cm³/mol. The van der Waals surface area contributed by atoms with Crippen LogP contribution in [-0.2, 0) is 41.5 Å². The highest BCUT2D eigenvalue weighted by atomic mass is 31.2. The van der Waals surface area contributed by atoms with E-state index in [1.807, 2.05) is 0 Å². The lowest BCUT2D eigenvalue weighted by atomic mass is 10.0. The molecule has 12 atom stereocenters. The number of imidazole rings is 1. The number of alkyl halides is 1. The summed E-state index contributed by atoms with van der Waals surface area (Å²) < 4.78 is 91.6. The van der Waals surface area contributed by atoms with Gasteiger partial charge in [-0.05, 0) is 0 Å². The number of nitrogens with one attached hydrogen (secondary N) is 2. The highest BCUT2D eigenvalue weighted by molar-refractivity contribution is 7.79. The first kappa shape index (κ1) is 31.1. The molecule has 238 valence electrons. The number of hydrogen-bond donors (Lipinski definition) is 4. The van der Waals surface area contributed by atoms with Gasteiger partial charge in [-0.15, -0.1) is 0 Å². The van der Waals surface area contributed by atoms with Crippen LogP contribution in [0.4, 0.5) is 14.6 Å². The Kier molecular flexibility index (Phi) is 7.83. The summed E-state index contributed by atoms with van der Waals surface area (Å²) >= 11 is 0. The molecule has 5 aliphatic rings. The highest BCUT2D eigenvalue weighted by Gasteiger charge is 2.56. The van der Waals surface area contributed by atoms with E-state index in [1.165, 1.54) is 15.8 Å². The summed E-state index contributed by atoms with van der Waals surface area (Å²) in [5, 5.41) is 16.6. The largest absolute Gasteiger partial charge is 0.386 e. The fourth-order valence-electron chi connectivity index (χ4n) is 5.92. The number of fused-ring (bicyclic) bond motifs is 4. The second kappa shape index (κ2) is 11.3. The molecule has 4 fully saturated rings. The first-order valence-corrected chi connectivity index (χ1v) is 16.7. The van der Waals surface area contributed by atoms with Crippen molar-refractivity contribution >= 4 is 53.0 Å². The number of rotatable bonds is 2. The molecule has 5 N–H and O–H groups in total. The van der Waals surface area contributed by atoms with E-state index in [1.54, 1.807) is 0 Å². The number of nitrogens with two attached hydrogens (primary N) is 1. The lowest BCUT2D eigenvalue weighted by Gasteiger charge is -2.37. The summed E-state index contributed by atoms with van der Waals surface area (Å²) in [5.41, 5.74) is 6.10. The number of nitrogen functional groups attached to an aromatic ring is 1. The molecule has 7 heterocycles. The molecule has 4 saturated heterocycles. The molecule has 5 aliphatic heterocycles. The SMILES string of the molecule is [B][P@]1(=O)OC[C@H]2O[C@@H](N3C=C(F)C4C(=O)NCNC43)[C@@H](O)C2O[P@]([B])(=O)OC[C@H]2O[C@@H](n3cnc4c(N)ncnc43)[C@@H](F)C2O1. The van der Waals surface area contributed by atoms with Crippen molar-refractivity contribution in [3.05, 3.63) is 24.7 Å². The first-order chi connectivity index (χ1) is 21.3. The Labute approximate surface area is 255 Å². The Bertz CT molecular complexity index is 1640. The zero-order valence-electron chi connectivity index (χ0n) is 22.9. The lowest BCUT2D eigenvalue weighted by molar-refractivity contribution is -0.133. The number of anilines is 1. The summed E-state index contributed by atoms with van der Waals surface area (Å²) in [5.74, 6) is -2.60. The molecule has 45 heavy (non-hydrogen) atoms. The van der Waals surface area contributed by atoms with Crippen LogP contribution in [-0.4, -0.2) is 120 Å². The van der Waals surface area contributed by atoms with Gasteiger partial charge in [-0.2, -0.15) is 0 Å². The topological polar surface area (TPSA) is 224 Å². The van der Waals surface area contributed by atoms with Crippen molar-refractivity contribution in [2.75, 3.05) is 25.6 Å². The monoisotopic (exact) mass is 670 g/mol. The number of aromatic nitrogens is 4. The minimum Gasteiger partial charge on any atom is -0.386 e. The van der Waals surface area contributed by atoms with Gasteiger partial charge in [0.15, 0.2) is 30.1 Å². The van der Waals surface area contributed by atoms with Gasteiger partial charge in [0.2, 0.25) is 21.0 Å². The fourth-order valence-corrected chi connectivity index (χ4v) is 7.94. The predicted octanol–water partition coefficient (Wildman–Crippen LogP) is -1.15. The number of carbonyl (C=O) groups is 1. The van der Waals surface area contributed by atoms with Gasteiger partial charge in [0.05, 0.1) is 26.2 Å². The molecule has 0 bridgehead atoms. The molecule has 4 unspecified atom stereocenters. The normalized spacial score (nSPS) is 43.9. The highest BCUT2D eigenvalue weighted by Crippen LogP contribution is 2.53. The molecule has 7 rings (SSSR count). The number of carbonyl (C=O) groups excluding carboxylic acids is 1. The van der Waals surface area contributed by atoms with Crippen molar-refractivity contribution in [3.8, 4) is 0 Å². The maximum absolute atomic E-state index is 15.9. The average Bonchev–Trinajstić information content (AvgIpc) is 3.71. The number of aliphatic hydroxyl groups excluding tert-OH is 1. The van der Waals surface area contributed by atoms with Crippen molar-refractivity contribution in [1.82, 2.24) is 35.1 Å². The van der Waals surface area contributed by atoms with Crippen molar-refractivity contribution < 1.29 is 55.4 Å². The quantitative estimate of drug-likeness (QED) is 0.219. The van der Waals surface area contributed by atoms with Gasteiger partial charge in [0.25, 0.3) is 14.9 Å². The molecule has 0 spiro atoms. The van der Waals surface area contributed by atoms with Crippen molar-refractivity contribution in [1.29, 1.82) is 0 Å². The maximum atomic E-state index is 15.9. The third kappa shape index (κ3) is 5.50. The number of amides is 1. The van der Waals surface area contributed by atoms with Crippen LogP contribution in [0.2, 0.25) is 0 Å². The zero-order valence-corrected chi connectivity index (χ0v) is 24.7. The Balaban J connectivity index is 1.13. The number of ether oxygens (including phenoxy) is 2. The van der Waals surface area contributed by atoms with Gasteiger partial charge in [-0.1, -0.05) is 0 Å². The van der Waals surface area contributed by atoms with Crippen LogP contribution in [0.1, 0.15) is 6.23 Å². The van der Waals surface area contributed by atoms with Gasteiger partial charge in [-0.3, -0.25) is 23.8 Å². The summed E-state index contributed by atoms with van der Waals surface area (Å²) in [6.45, 7) is -1.43. The van der Waals surface area contributed by atoms with Crippen LogP contribution in [0.5, 0.6) is 0 Å². The van der Waals surface area contributed by atoms with E-state index in [4.69, 9.17) is 48.4 Å². The van der Waals surface area contributed by atoms with Crippen LogP contribution in [0.25, 0.3) is 11.2 Å². The Morgan fingerprint density at radius 1 is 1.04 bits per heavy atom. The van der Waals surface area contributed by atoms with E-state index >= 15 is 4.39 Å². The van der Waals surface area contributed by atoms with Crippen LogP contribution in [0.15, 0.2) is 24.7 Å². The van der Waals surface area contributed by atoms with E-state index in [0.717, 1.165) is 12.5 Å². The molecule has 18 nitrogen and oxygen atoms in total. The molecule has 1 amide bonds. The van der Waals surface area contributed by atoms with Gasteiger partial charge in [-0.25, -0.2) is 23.7 Å². The number of halogens is 2.